The van der Waals surface area contributed by atoms with E-state index >= 15 is 0 Å². The molecule has 4 nitrogen and oxygen atoms in total. The monoisotopic (exact) mass is 382 g/mol. The SMILES string of the molecule is O=C1C[C@@H](c2ccccc2)CC2=Nc3ccccc3N[C@@H](c3cccc(O)c3)C12. The lowest BCUT2D eigenvalue weighted by Crippen LogP contribution is -2.38. The van der Waals surface area contributed by atoms with Crippen molar-refractivity contribution < 1.29 is 9.90 Å². The van der Waals surface area contributed by atoms with Gasteiger partial charge in [-0.05, 0) is 47.7 Å². The van der Waals surface area contributed by atoms with Gasteiger partial charge in [-0.3, -0.25) is 9.79 Å². The molecule has 3 aromatic carbocycles. The molecule has 1 fully saturated rings. The fourth-order valence-electron chi connectivity index (χ4n) is 4.55. The van der Waals surface area contributed by atoms with Gasteiger partial charge in [-0.15, -0.1) is 0 Å². The number of rotatable bonds is 2. The first-order valence-electron chi connectivity index (χ1n) is 9.98. The van der Waals surface area contributed by atoms with Crippen LogP contribution in [0.1, 0.15) is 35.9 Å². The topological polar surface area (TPSA) is 61.7 Å². The third-order valence-electron chi connectivity index (χ3n) is 5.92. The van der Waals surface area contributed by atoms with E-state index in [4.69, 9.17) is 4.99 Å². The predicted octanol–water partition coefficient (Wildman–Crippen LogP) is 5.39. The van der Waals surface area contributed by atoms with E-state index < -0.39 is 0 Å². The number of phenols is 1. The molecule has 0 radical (unpaired) electrons. The predicted molar refractivity (Wildman–Crippen MR) is 115 cm³/mol. The Kier molecular flexibility index (Phi) is 4.39. The second kappa shape index (κ2) is 7.21. The zero-order chi connectivity index (χ0) is 19.8. The number of aliphatic imine (C=N–C) groups is 1. The molecule has 1 saturated carbocycles. The fourth-order valence-corrected chi connectivity index (χ4v) is 4.55. The molecule has 0 saturated heterocycles. The normalized spacial score (nSPS) is 23.2. The maximum atomic E-state index is 13.4. The Morgan fingerprint density at radius 3 is 2.45 bits per heavy atom. The molecule has 0 spiro atoms. The number of benzene rings is 3. The Morgan fingerprint density at radius 1 is 0.862 bits per heavy atom. The zero-order valence-electron chi connectivity index (χ0n) is 16.0. The van der Waals surface area contributed by atoms with E-state index in [0.717, 1.165) is 29.1 Å². The first-order chi connectivity index (χ1) is 14.2. The van der Waals surface area contributed by atoms with Gasteiger partial charge in [-0.1, -0.05) is 54.6 Å². The van der Waals surface area contributed by atoms with Gasteiger partial charge >= 0.3 is 0 Å². The van der Waals surface area contributed by atoms with Crippen LogP contribution in [0.15, 0.2) is 83.9 Å². The molecule has 1 aliphatic carbocycles. The lowest BCUT2D eigenvalue weighted by Gasteiger charge is -2.34. The van der Waals surface area contributed by atoms with Crippen LogP contribution in [0.2, 0.25) is 0 Å². The molecule has 1 aliphatic heterocycles. The number of hydrogen-bond donors (Lipinski definition) is 2. The van der Waals surface area contributed by atoms with Gasteiger partial charge < -0.3 is 10.4 Å². The van der Waals surface area contributed by atoms with Crippen LogP contribution in [-0.4, -0.2) is 16.6 Å². The molecular weight excluding hydrogens is 360 g/mol. The van der Waals surface area contributed by atoms with Crippen LogP contribution >= 0.6 is 0 Å². The summed E-state index contributed by atoms with van der Waals surface area (Å²) in [5.74, 6) is 0.196. The molecule has 1 unspecified atom stereocenters. The molecule has 2 N–H and O–H groups in total. The van der Waals surface area contributed by atoms with Crippen molar-refractivity contribution in [2.24, 2.45) is 10.9 Å². The molecular formula is C25H22N2O2. The molecule has 0 amide bonds. The highest BCUT2D eigenvalue weighted by Crippen LogP contribution is 2.44. The molecule has 0 aromatic heterocycles. The summed E-state index contributed by atoms with van der Waals surface area (Å²) in [5.41, 5.74) is 4.76. The number of Topliss-reactive ketones (excluding diaryl/α,β-unsaturated/α-hetero) is 1. The van der Waals surface area contributed by atoms with Crippen molar-refractivity contribution >= 4 is 22.9 Å². The van der Waals surface area contributed by atoms with Crippen molar-refractivity contribution in [2.75, 3.05) is 5.32 Å². The lowest BCUT2D eigenvalue weighted by molar-refractivity contribution is -0.122. The number of carbonyl (C=O) groups is 1. The smallest absolute Gasteiger partial charge is 0.144 e. The Labute approximate surface area is 169 Å². The van der Waals surface area contributed by atoms with Crippen molar-refractivity contribution in [1.82, 2.24) is 0 Å². The molecule has 3 atom stereocenters. The zero-order valence-corrected chi connectivity index (χ0v) is 16.0. The number of hydrogen-bond acceptors (Lipinski definition) is 4. The quantitative estimate of drug-likeness (QED) is 0.624. The number of fused-ring (bicyclic) bond motifs is 2. The van der Waals surface area contributed by atoms with Crippen molar-refractivity contribution in [3.63, 3.8) is 0 Å². The third kappa shape index (κ3) is 3.31. The van der Waals surface area contributed by atoms with E-state index in [9.17, 15) is 9.90 Å². The van der Waals surface area contributed by atoms with E-state index in [1.165, 1.54) is 5.56 Å². The van der Waals surface area contributed by atoms with Gasteiger partial charge in [0.2, 0.25) is 0 Å². The number of aromatic hydroxyl groups is 1. The number of para-hydroxylation sites is 2. The summed E-state index contributed by atoms with van der Waals surface area (Å²) < 4.78 is 0. The van der Waals surface area contributed by atoms with Crippen LogP contribution in [-0.2, 0) is 4.79 Å². The van der Waals surface area contributed by atoms with Crippen molar-refractivity contribution in [1.29, 1.82) is 0 Å². The van der Waals surface area contributed by atoms with Gasteiger partial charge in [0.05, 0.1) is 23.3 Å². The summed E-state index contributed by atoms with van der Waals surface area (Å²) in [6.07, 6.45) is 1.26. The molecule has 144 valence electrons. The Hall–Kier alpha value is -3.40. The van der Waals surface area contributed by atoms with E-state index in [-0.39, 0.29) is 29.4 Å². The molecule has 2 aliphatic rings. The largest absolute Gasteiger partial charge is 0.508 e. The Bertz CT molecular complexity index is 1090. The summed E-state index contributed by atoms with van der Waals surface area (Å²) in [5, 5.41) is 13.6. The van der Waals surface area contributed by atoms with Crippen LogP contribution in [0, 0.1) is 5.92 Å². The van der Waals surface area contributed by atoms with Gasteiger partial charge in [0.25, 0.3) is 0 Å². The maximum Gasteiger partial charge on any atom is 0.144 e. The minimum absolute atomic E-state index is 0.147. The number of nitrogens with one attached hydrogen (secondary N) is 1. The van der Waals surface area contributed by atoms with Crippen LogP contribution in [0.4, 0.5) is 11.4 Å². The third-order valence-corrected chi connectivity index (χ3v) is 5.92. The summed E-state index contributed by atoms with van der Waals surface area (Å²) in [4.78, 5) is 18.4. The fraction of sp³-hybridized carbons (Fsp3) is 0.200. The summed E-state index contributed by atoms with van der Waals surface area (Å²) >= 11 is 0. The number of carbonyl (C=O) groups excluding carboxylic acids is 1. The highest BCUT2D eigenvalue weighted by Gasteiger charge is 2.41. The van der Waals surface area contributed by atoms with Crippen LogP contribution in [0.3, 0.4) is 0 Å². The van der Waals surface area contributed by atoms with Crippen molar-refractivity contribution in [3.05, 3.63) is 90.0 Å². The van der Waals surface area contributed by atoms with E-state index in [0.29, 0.717) is 6.42 Å². The summed E-state index contributed by atoms with van der Waals surface area (Å²) in [6, 6.07) is 25.0. The van der Waals surface area contributed by atoms with Crippen LogP contribution in [0.25, 0.3) is 0 Å². The highest BCUT2D eigenvalue weighted by molar-refractivity contribution is 6.10. The first-order valence-corrected chi connectivity index (χ1v) is 9.98. The Morgan fingerprint density at radius 2 is 1.62 bits per heavy atom. The molecule has 5 rings (SSSR count). The molecule has 29 heavy (non-hydrogen) atoms. The van der Waals surface area contributed by atoms with E-state index in [2.05, 4.69) is 17.4 Å². The van der Waals surface area contributed by atoms with Crippen LogP contribution < -0.4 is 5.32 Å². The van der Waals surface area contributed by atoms with Gasteiger partial charge in [0, 0.05) is 12.1 Å². The van der Waals surface area contributed by atoms with E-state index in [1.807, 2.05) is 54.6 Å². The standard InChI is InChI=1S/C25H22N2O2/c28-19-10-6-9-17(13-19)25-24-22(26-20-11-4-5-12-21(20)27-25)14-18(15-23(24)29)16-7-2-1-3-8-16/h1-13,18,24-25,27-28H,14-15H2/t18-,24?,25-/m0/s1. The Balaban J connectivity index is 1.61. The highest BCUT2D eigenvalue weighted by atomic mass is 16.3. The first kappa shape index (κ1) is 17.7. The average Bonchev–Trinajstić information content (AvgIpc) is 2.91. The number of phenolic OH excluding ortho intramolecular Hbond substituents is 1. The summed E-state index contributed by atoms with van der Waals surface area (Å²) in [6.45, 7) is 0. The van der Waals surface area contributed by atoms with Crippen molar-refractivity contribution in [3.8, 4) is 5.75 Å². The minimum Gasteiger partial charge on any atom is -0.508 e. The van der Waals surface area contributed by atoms with Gasteiger partial charge in [0.15, 0.2) is 0 Å². The van der Waals surface area contributed by atoms with Gasteiger partial charge in [0.1, 0.15) is 11.5 Å². The average molecular weight is 382 g/mol. The van der Waals surface area contributed by atoms with Crippen molar-refractivity contribution in [2.45, 2.75) is 24.8 Å². The number of anilines is 1. The number of ketones is 1. The van der Waals surface area contributed by atoms with Gasteiger partial charge in [-0.2, -0.15) is 0 Å². The summed E-state index contributed by atoms with van der Waals surface area (Å²) in [7, 11) is 0. The molecule has 0 bridgehead atoms. The molecule has 3 aromatic rings. The second-order valence-electron chi connectivity index (χ2n) is 7.80. The van der Waals surface area contributed by atoms with Gasteiger partial charge in [-0.25, -0.2) is 0 Å². The van der Waals surface area contributed by atoms with E-state index in [1.54, 1.807) is 12.1 Å². The number of nitrogens with zero attached hydrogens (tertiary/aromatic N) is 1. The molecule has 4 heteroatoms. The maximum absolute atomic E-state index is 13.4. The minimum atomic E-state index is -0.343. The molecule has 1 heterocycles. The second-order valence-corrected chi connectivity index (χ2v) is 7.80. The lowest BCUT2D eigenvalue weighted by atomic mass is 9.72. The van der Waals surface area contributed by atoms with Crippen LogP contribution in [0.5, 0.6) is 5.75 Å².